The fourth-order valence-electron chi connectivity index (χ4n) is 4.41. The Hall–Kier alpha value is -1.43. The van der Waals surface area contributed by atoms with Crippen LogP contribution in [0.3, 0.4) is 0 Å². The molecule has 1 aromatic carbocycles. The van der Waals surface area contributed by atoms with E-state index in [0.717, 1.165) is 45.6 Å². The van der Waals surface area contributed by atoms with Gasteiger partial charge in [0.25, 0.3) is 0 Å². The Morgan fingerprint density at radius 1 is 1.08 bits per heavy atom. The molecule has 2 fully saturated rings. The fourth-order valence-corrected chi connectivity index (χ4v) is 4.41. The van der Waals surface area contributed by atoms with Gasteiger partial charge in [0.15, 0.2) is 0 Å². The van der Waals surface area contributed by atoms with E-state index < -0.39 is 0 Å². The number of benzene rings is 1. The van der Waals surface area contributed by atoms with E-state index in [0.29, 0.717) is 25.5 Å². The highest BCUT2D eigenvalue weighted by molar-refractivity contribution is 5.77. The minimum absolute atomic E-state index is 0.0857. The van der Waals surface area contributed by atoms with Gasteiger partial charge in [0.2, 0.25) is 5.91 Å². The largest absolute Gasteiger partial charge is 0.394 e. The lowest BCUT2D eigenvalue weighted by Gasteiger charge is -2.48. The molecule has 1 N–H and O–H groups in total. The SMILES string of the molecule is O=C1CC[C@]2(CCCN(CCOCCO)C2)CN1CCc1ccccc1. The van der Waals surface area contributed by atoms with Crippen molar-refractivity contribution in [3.05, 3.63) is 35.9 Å². The molecule has 144 valence electrons. The molecule has 5 nitrogen and oxygen atoms in total. The molecule has 1 amide bonds. The van der Waals surface area contributed by atoms with Gasteiger partial charge >= 0.3 is 0 Å². The van der Waals surface area contributed by atoms with Gasteiger partial charge in [0.1, 0.15) is 0 Å². The summed E-state index contributed by atoms with van der Waals surface area (Å²) in [6.07, 6.45) is 5.05. The maximum absolute atomic E-state index is 12.4. The highest BCUT2D eigenvalue weighted by Gasteiger charge is 2.41. The number of rotatable bonds is 8. The predicted molar refractivity (Wildman–Crippen MR) is 102 cm³/mol. The first-order chi connectivity index (χ1) is 12.7. The minimum atomic E-state index is 0.0857. The van der Waals surface area contributed by atoms with Crippen LogP contribution in [0.15, 0.2) is 30.3 Å². The second kappa shape index (κ2) is 9.49. The molecule has 1 aromatic rings. The molecule has 0 unspecified atom stereocenters. The molecule has 1 spiro atoms. The van der Waals surface area contributed by atoms with Crippen LogP contribution in [0, 0.1) is 5.41 Å². The lowest BCUT2D eigenvalue weighted by molar-refractivity contribution is -0.139. The third kappa shape index (κ3) is 5.29. The van der Waals surface area contributed by atoms with Crippen molar-refractivity contribution in [2.24, 2.45) is 5.41 Å². The van der Waals surface area contributed by atoms with E-state index in [4.69, 9.17) is 9.84 Å². The molecule has 2 heterocycles. The highest BCUT2D eigenvalue weighted by atomic mass is 16.5. The van der Waals surface area contributed by atoms with Crippen LogP contribution in [0.25, 0.3) is 0 Å². The molecule has 0 radical (unpaired) electrons. The molecule has 0 saturated carbocycles. The zero-order chi connectivity index (χ0) is 18.2. The maximum Gasteiger partial charge on any atom is 0.222 e. The molecule has 0 aliphatic carbocycles. The number of carbonyl (C=O) groups is 1. The summed E-state index contributed by atoms with van der Waals surface area (Å²) < 4.78 is 5.43. The van der Waals surface area contributed by atoms with Crippen molar-refractivity contribution in [3.8, 4) is 0 Å². The van der Waals surface area contributed by atoms with Gasteiger partial charge in [0.05, 0.1) is 19.8 Å². The summed E-state index contributed by atoms with van der Waals surface area (Å²) in [6.45, 7) is 5.99. The van der Waals surface area contributed by atoms with Crippen molar-refractivity contribution < 1.29 is 14.6 Å². The van der Waals surface area contributed by atoms with Crippen LogP contribution in [0.2, 0.25) is 0 Å². The van der Waals surface area contributed by atoms with Crippen LogP contribution in [0.1, 0.15) is 31.2 Å². The molecule has 0 bridgehead atoms. The molecular weight excluding hydrogens is 328 g/mol. The second-order valence-corrected chi connectivity index (χ2v) is 7.77. The fraction of sp³-hybridized carbons (Fsp3) is 0.667. The van der Waals surface area contributed by atoms with Crippen LogP contribution < -0.4 is 0 Å². The van der Waals surface area contributed by atoms with Gasteiger partial charge in [-0.15, -0.1) is 0 Å². The van der Waals surface area contributed by atoms with Crippen LogP contribution in [-0.2, 0) is 16.0 Å². The molecule has 2 saturated heterocycles. The third-order valence-corrected chi connectivity index (χ3v) is 5.79. The average molecular weight is 360 g/mol. The Balaban J connectivity index is 1.53. The Kier molecular flexibility index (Phi) is 7.06. The lowest BCUT2D eigenvalue weighted by atomic mass is 9.73. The van der Waals surface area contributed by atoms with E-state index in [1.807, 2.05) is 6.07 Å². The number of hydrogen-bond acceptors (Lipinski definition) is 4. The number of amides is 1. The van der Waals surface area contributed by atoms with Crippen molar-refractivity contribution >= 4 is 5.91 Å². The predicted octanol–water partition coefficient (Wildman–Crippen LogP) is 1.94. The zero-order valence-corrected chi connectivity index (χ0v) is 15.7. The number of carbonyl (C=O) groups excluding carboxylic acids is 1. The molecule has 5 heteroatoms. The first-order valence-electron chi connectivity index (χ1n) is 9.93. The molecule has 2 aliphatic heterocycles. The molecule has 26 heavy (non-hydrogen) atoms. The molecule has 0 aromatic heterocycles. The first-order valence-corrected chi connectivity index (χ1v) is 9.93. The van der Waals surface area contributed by atoms with Crippen molar-refractivity contribution in [2.75, 3.05) is 52.5 Å². The van der Waals surface area contributed by atoms with Crippen LogP contribution in [-0.4, -0.2) is 73.4 Å². The Morgan fingerprint density at radius 2 is 1.92 bits per heavy atom. The Labute approximate surface area is 156 Å². The number of piperidine rings is 2. The molecule has 2 aliphatic rings. The summed E-state index contributed by atoms with van der Waals surface area (Å²) in [5.41, 5.74) is 1.55. The molecule has 1 atom stereocenters. The number of aliphatic hydroxyl groups is 1. The van der Waals surface area contributed by atoms with Gasteiger partial charge in [-0.1, -0.05) is 30.3 Å². The third-order valence-electron chi connectivity index (χ3n) is 5.79. The van der Waals surface area contributed by atoms with E-state index in [9.17, 15) is 4.79 Å². The normalized spacial score (nSPS) is 24.3. The number of hydrogen-bond donors (Lipinski definition) is 1. The number of ether oxygens (including phenoxy) is 1. The topological polar surface area (TPSA) is 53.0 Å². The average Bonchev–Trinajstić information content (AvgIpc) is 2.67. The first kappa shape index (κ1) is 19.3. The van der Waals surface area contributed by atoms with E-state index in [1.54, 1.807) is 0 Å². The quantitative estimate of drug-likeness (QED) is 0.720. The second-order valence-electron chi connectivity index (χ2n) is 7.77. The molecular formula is C21H32N2O3. The van der Waals surface area contributed by atoms with Gasteiger partial charge in [-0.25, -0.2) is 0 Å². The standard InChI is InChI=1S/C21H32N2O3/c24-14-16-26-15-13-22-11-4-9-21(17-22)10-7-20(25)23(18-21)12-8-19-5-2-1-3-6-19/h1-3,5-6,24H,4,7-18H2/t21-/m0/s1. The van der Waals surface area contributed by atoms with Gasteiger partial charge in [-0.05, 0) is 37.8 Å². The van der Waals surface area contributed by atoms with Gasteiger partial charge < -0.3 is 19.6 Å². The summed E-state index contributed by atoms with van der Waals surface area (Å²) in [6, 6.07) is 10.4. The van der Waals surface area contributed by atoms with Crippen LogP contribution in [0.4, 0.5) is 0 Å². The Morgan fingerprint density at radius 3 is 2.73 bits per heavy atom. The molecule has 3 rings (SSSR count). The van der Waals surface area contributed by atoms with Crippen molar-refractivity contribution in [1.82, 2.24) is 9.80 Å². The van der Waals surface area contributed by atoms with E-state index in [2.05, 4.69) is 34.1 Å². The summed E-state index contributed by atoms with van der Waals surface area (Å²) in [5, 5.41) is 8.81. The summed E-state index contributed by atoms with van der Waals surface area (Å²) in [5.74, 6) is 0.315. The Bertz CT molecular complexity index is 566. The smallest absolute Gasteiger partial charge is 0.222 e. The van der Waals surface area contributed by atoms with Crippen molar-refractivity contribution in [1.29, 1.82) is 0 Å². The van der Waals surface area contributed by atoms with E-state index in [1.165, 1.54) is 18.4 Å². The van der Waals surface area contributed by atoms with Crippen molar-refractivity contribution in [3.63, 3.8) is 0 Å². The van der Waals surface area contributed by atoms with Gasteiger partial charge in [-0.2, -0.15) is 0 Å². The number of nitrogens with zero attached hydrogens (tertiary/aromatic N) is 2. The van der Waals surface area contributed by atoms with E-state index in [-0.39, 0.29) is 12.0 Å². The van der Waals surface area contributed by atoms with Gasteiger partial charge in [-0.3, -0.25) is 4.79 Å². The highest BCUT2D eigenvalue weighted by Crippen LogP contribution is 2.38. The number of likely N-dealkylation sites (tertiary alicyclic amines) is 2. The summed E-state index contributed by atoms with van der Waals surface area (Å²) in [7, 11) is 0. The van der Waals surface area contributed by atoms with Gasteiger partial charge in [0, 0.05) is 38.0 Å². The summed E-state index contributed by atoms with van der Waals surface area (Å²) in [4.78, 5) is 17.0. The van der Waals surface area contributed by atoms with Crippen molar-refractivity contribution in [2.45, 2.75) is 32.1 Å². The monoisotopic (exact) mass is 360 g/mol. The lowest BCUT2D eigenvalue weighted by Crippen LogP contribution is -2.54. The zero-order valence-electron chi connectivity index (χ0n) is 15.7. The minimum Gasteiger partial charge on any atom is -0.394 e. The maximum atomic E-state index is 12.4. The number of aliphatic hydroxyl groups excluding tert-OH is 1. The van der Waals surface area contributed by atoms with E-state index >= 15 is 0 Å². The summed E-state index contributed by atoms with van der Waals surface area (Å²) >= 11 is 0. The van der Waals surface area contributed by atoms with Crippen LogP contribution >= 0.6 is 0 Å². The van der Waals surface area contributed by atoms with Crippen LogP contribution in [0.5, 0.6) is 0 Å².